The molecular weight excluding hydrogens is 452 g/mol. The lowest BCUT2D eigenvalue weighted by atomic mass is 9.99. The summed E-state index contributed by atoms with van der Waals surface area (Å²) in [4.78, 5) is 23.0. The summed E-state index contributed by atoms with van der Waals surface area (Å²) in [5.74, 6) is 0.518. The summed E-state index contributed by atoms with van der Waals surface area (Å²) in [7, 11) is 3.09. The zero-order valence-electron chi connectivity index (χ0n) is 20.8. The third kappa shape index (κ3) is 6.83. The van der Waals surface area contributed by atoms with E-state index < -0.39 is 24.1 Å². The first kappa shape index (κ1) is 26.2. The molecule has 0 aliphatic carbocycles. The number of benzene rings is 3. The van der Waals surface area contributed by atoms with E-state index in [0.717, 1.165) is 27.1 Å². The van der Waals surface area contributed by atoms with Crippen LogP contribution in [0, 0.1) is 6.92 Å². The minimum Gasteiger partial charge on any atom is -0.488 e. The molecule has 0 N–H and O–H groups in total. The summed E-state index contributed by atoms with van der Waals surface area (Å²) in [5, 5.41) is 3.39. The van der Waals surface area contributed by atoms with E-state index in [0.29, 0.717) is 11.5 Å². The molecule has 0 saturated carbocycles. The predicted molar refractivity (Wildman–Crippen MR) is 132 cm³/mol. The van der Waals surface area contributed by atoms with Gasteiger partial charge in [0.2, 0.25) is 0 Å². The zero-order valence-corrected chi connectivity index (χ0v) is 20.8. The van der Waals surface area contributed by atoms with Gasteiger partial charge in [0.15, 0.2) is 12.2 Å². The quantitative estimate of drug-likeness (QED) is 0.279. The zero-order chi connectivity index (χ0) is 25.4. The van der Waals surface area contributed by atoms with Crippen LogP contribution in [0.3, 0.4) is 0 Å². The van der Waals surface area contributed by atoms with Crippen molar-refractivity contribution < 1.29 is 38.0 Å². The fraction of sp³-hybridized carbons (Fsp3) is 0.407. The van der Waals surface area contributed by atoms with Gasteiger partial charge in [-0.15, -0.1) is 0 Å². The smallest absolute Gasteiger partial charge is 0.303 e. The molecule has 0 aromatic heterocycles. The second kappa shape index (κ2) is 12.4. The third-order valence-corrected chi connectivity index (χ3v) is 5.28. The molecule has 0 radical (unpaired) electrons. The first-order valence-electron chi connectivity index (χ1n) is 11.4. The van der Waals surface area contributed by atoms with Crippen LogP contribution < -0.4 is 9.47 Å². The van der Waals surface area contributed by atoms with Crippen molar-refractivity contribution in [2.75, 3.05) is 40.6 Å². The van der Waals surface area contributed by atoms with Crippen LogP contribution in [0.2, 0.25) is 0 Å². The Balaban J connectivity index is 2.05. The third-order valence-electron chi connectivity index (χ3n) is 5.28. The van der Waals surface area contributed by atoms with Crippen LogP contribution in [-0.4, -0.2) is 64.8 Å². The molecule has 0 fully saturated rings. The first-order chi connectivity index (χ1) is 16.8. The Labute approximate surface area is 205 Å². The number of hydrogen-bond donors (Lipinski definition) is 0. The van der Waals surface area contributed by atoms with Gasteiger partial charge in [0, 0.05) is 49.6 Å². The fourth-order valence-corrected chi connectivity index (χ4v) is 3.95. The lowest BCUT2D eigenvalue weighted by Crippen LogP contribution is -2.29. The number of aryl methyl sites for hydroxylation is 1. The molecule has 188 valence electrons. The summed E-state index contributed by atoms with van der Waals surface area (Å²) >= 11 is 0. The van der Waals surface area contributed by atoms with Gasteiger partial charge in [0.25, 0.3) is 0 Å². The number of ether oxygens (including phenoxy) is 6. The molecule has 0 heterocycles. The highest BCUT2D eigenvalue weighted by atomic mass is 16.6. The normalized spacial score (nSPS) is 12.8. The van der Waals surface area contributed by atoms with E-state index in [1.165, 1.54) is 13.8 Å². The highest BCUT2D eigenvalue weighted by Gasteiger charge is 2.21. The van der Waals surface area contributed by atoms with Crippen LogP contribution in [0.1, 0.15) is 19.4 Å². The van der Waals surface area contributed by atoms with Gasteiger partial charge >= 0.3 is 11.9 Å². The van der Waals surface area contributed by atoms with E-state index in [4.69, 9.17) is 28.4 Å². The molecule has 3 rings (SSSR count). The highest BCUT2D eigenvalue weighted by Crippen LogP contribution is 2.43. The van der Waals surface area contributed by atoms with E-state index in [-0.39, 0.29) is 26.4 Å². The van der Waals surface area contributed by atoms with Crippen molar-refractivity contribution in [1.29, 1.82) is 0 Å². The van der Waals surface area contributed by atoms with Crippen molar-refractivity contribution >= 4 is 33.5 Å². The monoisotopic (exact) mass is 484 g/mol. The Hall–Kier alpha value is -3.36. The van der Waals surface area contributed by atoms with E-state index in [1.54, 1.807) is 14.2 Å². The van der Waals surface area contributed by atoms with Crippen LogP contribution in [-0.2, 0) is 28.5 Å². The summed E-state index contributed by atoms with van der Waals surface area (Å²) in [6.07, 6.45) is -1.10. The van der Waals surface area contributed by atoms with Gasteiger partial charge in [-0.2, -0.15) is 0 Å². The number of rotatable bonds is 12. The van der Waals surface area contributed by atoms with Crippen LogP contribution in [0.15, 0.2) is 42.5 Å². The van der Waals surface area contributed by atoms with Gasteiger partial charge in [-0.1, -0.05) is 42.0 Å². The Bertz CT molecular complexity index is 1170. The topological polar surface area (TPSA) is 89.5 Å². The second-order valence-corrected chi connectivity index (χ2v) is 8.25. The maximum Gasteiger partial charge on any atom is 0.303 e. The lowest BCUT2D eigenvalue weighted by Gasteiger charge is -2.22. The van der Waals surface area contributed by atoms with Crippen molar-refractivity contribution in [2.45, 2.75) is 33.0 Å². The fourth-order valence-electron chi connectivity index (χ4n) is 3.95. The highest BCUT2D eigenvalue weighted by molar-refractivity contribution is 6.11. The van der Waals surface area contributed by atoms with Crippen LogP contribution >= 0.6 is 0 Å². The molecule has 2 atom stereocenters. The number of carbonyl (C=O) groups excluding carboxylic acids is 2. The molecule has 3 aromatic rings. The molecule has 35 heavy (non-hydrogen) atoms. The molecule has 0 bridgehead atoms. The van der Waals surface area contributed by atoms with Gasteiger partial charge in [-0.05, 0) is 13.0 Å². The molecule has 0 spiro atoms. The van der Waals surface area contributed by atoms with Gasteiger partial charge in [0.05, 0.1) is 13.2 Å². The molecule has 0 saturated heterocycles. The summed E-state index contributed by atoms with van der Waals surface area (Å²) in [5.41, 5.74) is 1.05. The minimum absolute atomic E-state index is 0.128. The second-order valence-electron chi connectivity index (χ2n) is 8.25. The molecule has 8 nitrogen and oxygen atoms in total. The van der Waals surface area contributed by atoms with Gasteiger partial charge in [-0.3, -0.25) is 9.59 Å². The minimum atomic E-state index is -0.550. The molecule has 0 amide bonds. The van der Waals surface area contributed by atoms with Gasteiger partial charge < -0.3 is 28.4 Å². The van der Waals surface area contributed by atoms with Crippen molar-refractivity contribution in [3.05, 3.63) is 48.0 Å². The van der Waals surface area contributed by atoms with Crippen LogP contribution in [0.25, 0.3) is 21.5 Å². The number of esters is 2. The van der Waals surface area contributed by atoms with E-state index in [1.807, 2.05) is 49.4 Å². The number of carbonyl (C=O) groups is 2. The van der Waals surface area contributed by atoms with E-state index in [2.05, 4.69) is 0 Å². The summed E-state index contributed by atoms with van der Waals surface area (Å²) < 4.78 is 33.6. The van der Waals surface area contributed by atoms with Crippen LogP contribution in [0.5, 0.6) is 11.5 Å². The summed E-state index contributed by atoms with van der Waals surface area (Å²) in [6, 6.07) is 13.8. The summed E-state index contributed by atoms with van der Waals surface area (Å²) in [6.45, 7) is 5.40. The Morgan fingerprint density at radius 1 is 0.686 bits per heavy atom. The SMILES string of the molecule is COCC(COc1c2ccccc2c(OCC(COC)OC(C)=O)c2cc(C)ccc12)OC(C)=O. The number of methoxy groups -OCH3 is 2. The standard InChI is InChI=1S/C27H32O8/c1-17-10-11-24-25(12-17)27(33-16-21(14-31-5)35-19(3)29)23-9-7-6-8-22(23)26(24)32-15-20(13-30-4)34-18(2)28/h6-12,20-21H,13-16H2,1-5H3. The average Bonchev–Trinajstić information content (AvgIpc) is 2.80. The van der Waals surface area contributed by atoms with Crippen molar-refractivity contribution in [1.82, 2.24) is 0 Å². The number of fused-ring (bicyclic) bond motifs is 2. The maximum absolute atomic E-state index is 11.5. The van der Waals surface area contributed by atoms with Crippen molar-refractivity contribution in [2.24, 2.45) is 0 Å². The molecule has 0 aliphatic rings. The molecule has 8 heteroatoms. The Morgan fingerprint density at radius 3 is 1.60 bits per heavy atom. The Kier molecular flexibility index (Phi) is 9.28. The van der Waals surface area contributed by atoms with Crippen molar-refractivity contribution in [3.63, 3.8) is 0 Å². The van der Waals surface area contributed by atoms with E-state index >= 15 is 0 Å². The van der Waals surface area contributed by atoms with Gasteiger partial charge in [0.1, 0.15) is 24.7 Å². The first-order valence-corrected chi connectivity index (χ1v) is 11.4. The predicted octanol–water partition coefficient (Wildman–Crippen LogP) is 4.22. The molecule has 2 unspecified atom stereocenters. The molecule has 0 aliphatic heterocycles. The Morgan fingerprint density at radius 2 is 1.14 bits per heavy atom. The van der Waals surface area contributed by atoms with Gasteiger partial charge in [-0.25, -0.2) is 0 Å². The van der Waals surface area contributed by atoms with Crippen molar-refractivity contribution in [3.8, 4) is 11.5 Å². The molecular formula is C27H32O8. The van der Waals surface area contributed by atoms with E-state index in [9.17, 15) is 9.59 Å². The average molecular weight is 485 g/mol. The lowest BCUT2D eigenvalue weighted by molar-refractivity contribution is -0.151. The largest absolute Gasteiger partial charge is 0.488 e. The van der Waals surface area contributed by atoms with Crippen LogP contribution in [0.4, 0.5) is 0 Å². The maximum atomic E-state index is 11.5. The molecule has 3 aromatic carbocycles. The number of hydrogen-bond acceptors (Lipinski definition) is 8.